The van der Waals surface area contributed by atoms with Crippen LogP contribution in [0.15, 0.2) is 48.9 Å². The summed E-state index contributed by atoms with van der Waals surface area (Å²) < 4.78 is 0. The van der Waals surface area contributed by atoms with Crippen LogP contribution in [0.3, 0.4) is 0 Å². The number of nitrogens with zero attached hydrogens (tertiary/aromatic N) is 2. The minimum atomic E-state index is 0.0184. The van der Waals surface area contributed by atoms with E-state index >= 15 is 0 Å². The maximum atomic E-state index is 12.3. The highest BCUT2D eigenvalue weighted by molar-refractivity contribution is 6.29. The molecule has 17 heavy (non-hydrogen) atoms. The van der Waals surface area contributed by atoms with E-state index in [4.69, 9.17) is 0 Å². The Hall–Kier alpha value is -2.29. The summed E-state index contributed by atoms with van der Waals surface area (Å²) in [6.07, 6.45) is 7.68. The Morgan fingerprint density at radius 2 is 2.06 bits per heavy atom. The molecule has 3 rings (SSSR count). The van der Waals surface area contributed by atoms with Gasteiger partial charge >= 0.3 is 0 Å². The normalized spacial score (nSPS) is 13.1. The summed E-state index contributed by atoms with van der Waals surface area (Å²) in [5, 5.41) is 0. The number of fused-ring (bicyclic) bond motifs is 1. The van der Waals surface area contributed by atoms with Gasteiger partial charge in [0.05, 0.1) is 5.69 Å². The largest absolute Gasteiger partial charge is 0.289 e. The number of pyridine rings is 2. The van der Waals surface area contributed by atoms with E-state index in [0.29, 0.717) is 5.56 Å². The summed E-state index contributed by atoms with van der Waals surface area (Å²) in [5.74, 6) is 0.0184. The fourth-order valence-corrected chi connectivity index (χ4v) is 2.02. The van der Waals surface area contributed by atoms with Crippen molar-refractivity contribution in [1.29, 1.82) is 0 Å². The van der Waals surface area contributed by atoms with E-state index in [9.17, 15) is 4.79 Å². The average Bonchev–Trinajstić information content (AvgIpc) is 2.83. The Bertz CT molecular complexity index is 603. The zero-order valence-electron chi connectivity index (χ0n) is 9.13. The van der Waals surface area contributed by atoms with E-state index in [0.717, 1.165) is 23.3 Å². The van der Waals surface area contributed by atoms with Crippen molar-refractivity contribution in [1.82, 2.24) is 9.97 Å². The molecule has 2 aromatic rings. The van der Waals surface area contributed by atoms with Gasteiger partial charge in [0.2, 0.25) is 0 Å². The minimum Gasteiger partial charge on any atom is -0.289 e. The smallest absolute Gasteiger partial charge is 0.194 e. The summed E-state index contributed by atoms with van der Waals surface area (Å²) in [6.45, 7) is 0. The third-order valence-corrected chi connectivity index (χ3v) is 2.85. The zero-order valence-corrected chi connectivity index (χ0v) is 9.13. The topological polar surface area (TPSA) is 42.9 Å². The van der Waals surface area contributed by atoms with Gasteiger partial charge in [-0.25, -0.2) is 0 Å². The van der Waals surface area contributed by atoms with Gasteiger partial charge in [-0.15, -0.1) is 0 Å². The highest BCUT2D eigenvalue weighted by atomic mass is 16.1. The second-order valence-electron chi connectivity index (χ2n) is 3.89. The first-order chi connectivity index (χ1) is 8.36. The molecule has 0 aliphatic heterocycles. The quantitative estimate of drug-likeness (QED) is 0.732. The van der Waals surface area contributed by atoms with Crippen molar-refractivity contribution in [3.05, 3.63) is 65.8 Å². The molecule has 0 bridgehead atoms. The first-order valence-corrected chi connectivity index (χ1v) is 5.45. The van der Waals surface area contributed by atoms with Gasteiger partial charge in [-0.3, -0.25) is 14.8 Å². The van der Waals surface area contributed by atoms with Crippen LogP contribution in [-0.4, -0.2) is 15.8 Å². The summed E-state index contributed by atoms with van der Waals surface area (Å²) in [5.41, 5.74) is 3.28. The highest BCUT2D eigenvalue weighted by Crippen LogP contribution is 2.28. The maximum Gasteiger partial charge on any atom is 0.194 e. The lowest BCUT2D eigenvalue weighted by Crippen LogP contribution is -2.02. The molecule has 2 heterocycles. The third kappa shape index (κ3) is 1.65. The van der Waals surface area contributed by atoms with Crippen LogP contribution in [0.4, 0.5) is 0 Å². The molecule has 82 valence electrons. The first-order valence-electron chi connectivity index (χ1n) is 5.45. The number of aromatic nitrogens is 2. The first kappa shape index (κ1) is 9.90. The number of Topliss-reactive ketones (excluding diaryl/α,β-unsaturated/α-hetero) is 1. The monoisotopic (exact) mass is 222 g/mol. The molecule has 0 fully saturated rings. The van der Waals surface area contributed by atoms with Crippen LogP contribution in [0, 0.1) is 0 Å². The molecule has 3 heteroatoms. The lowest BCUT2D eigenvalue weighted by Gasteiger charge is -2.03. The van der Waals surface area contributed by atoms with Gasteiger partial charge in [-0.05, 0) is 18.2 Å². The van der Waals surface area contributed by atoms with Crippen molar-refractivity contribution < 1.29 is 4.79 Å². The van der Waals surface area contributed by atoms with Gasteiger partial charge in [-0.1, -0.05) is 12.1 Å². The molecule has 2 aromatic heterocycles. The van der Waals surface area contributed by atoms with E-state index in [-0.39, 0.29) is 5.78 Å². The predicted octanol–water partition coefficient (Wildman–Crippen LogP) is 2.30. The fraction of sp³-hybridized carbons (Fsp3) is 0.0714. The number of ketones is 1. The maximum absolute atomic E-state index is 12.3. The molecule has 0 unspecified atom stereocenters. The van der Waals surface area contributed by atoms with E-state index in [2.05, 4.69) is 9.97 Å². The number of hydrogen-bond donors (Lipinski definition) is 0. The van der Waals surface area contributed by atoms with Crippen LogP contribution in [-0.2, 0) is 6.42 Å². The average molecular weight is 222 g/mol. The van der Waals surface area contributed by atoms with Crippen LogP contribution in [0.25, 0.3) is 5.57 Å². The van der Waals surface area contributed by atoms with E-state index in [1.165, 1.54) is 0 Å². The molecule has 0 saturated carbocycles. The molecule has 1 aliphatic rings. The van der Waals surface area contributed by atoms with Crippen molar-refractivity contribution in [3.8, 4) is 0 Å². The summed E-state index contributed by atoms with van der Waals surface area (Å²) >= 11 is 0. The van der Waals surface area contributed by atoms with Crippen molar-refractivity contribution in [2.45, 2.75) is 6.42 Å². The van der Waals surface area contributed by atoms with Gasteiger partial charge in [0.15, 0.2) is 5.78 Å². The molecular formula is C14H10N2O. The molecule has 1 aliphatic carbocycles. The van der Waals surface area contributed by atoms with Crippen molar-refractivity contribution in [2.75, 3.05) is 0 Å². The zero-order chi connectivity index (χ0) is 11.7. The number of rotatable bonds is 2. The van der Waals surface area contributed by atoms with Gasteiger partial charge in [0.25, 0.3) is 0 Å². The van der Waals surface area contributed by atoms with Crippen LogP contribution >= 0.6 is 0 Å². The Balaban J connectivity index is 2.01. The van der Waals surface area contributed by atoms with Crippen molar-refractivity contribution in [2.24, 2.45) is 0 Å². The van der Waals surface area contributed by atoms with Gasteiger partial charge in [0, 0.05) is 41.7 Å². The molecule has 0 atom stereocenters. The Morgan fingerprint density at radius 1 is 1.18 bits per heavy atom. The van der Waals surface area contributed by atoms with Gasteiger partial charge < -0.3 is 0 Å². The van der Waals surface area contributed by atoms with Gasteiger partial charge in [0.1, 0.15) is 0 Å². The SMILES string of the molecule is O=C(C1=CCc2ncccc21)c1cccnc1. The Morgan fingerprint density at radius 3 is 2.88 bits per heavy atom. The van der Waals surface area contributed by atoms with Gasteiger partial charge in [-0.2, -0.15) is 0 Å². The molecular weight excluding hydrogens is 212 g/mol. The minimum absolute atomic E-state index is 0.0184. The molecule has 0 saturated heterocycles. The van der Waals surface area contributed by atoms with Crippen LogP contribution in [0.5, 0.6) is 0 Å². The summed E-state index contributed by atoms with van der Waals surface area (Å²) in [6, 6.07) is 7.35. The van der Waals surface area contributed by atoms with E-state index in [1.54, 1.807) is 30.7 Å². The number of carbonyl (C=O) groups excluding carboxylic acids is 1. The Labute approximate surface area is 98.9 Å². The van der Waals surface area contributed by atoms with Crippen LogP contribution in [0.2, 0.25) is 0 Å². The fourth-order valence-electron chi connectivity index (χ4n) is 2.02. The summed E-state index contributed by atoms with van der Waals surface area (Å²) in [4.78, 5) is 20.5. The molecule has 0 amide bonds. The second kappa shape index (κ2) is 3.94. The molecule has 0 aromatic carbocycles. The standard InChI is InChI=1S/C14H10N2O/c17-14(10-3-1-7-15-9-10)12-5-6-13-11(12)4-2-8-16-13/h1-5,7-9H,6H2. The number of allylic oxidation sites excluding steroid dienone is 2. The summed E-state index contributed by atoms with van der Waals surface area (Å²) in [7, 11) is 0. The number of carbonyl (C=O) groups is 1. The van der Waals surface area contributed by atoms with E-state index in [1.807, 2.05) is 18.2 Å². The molecule has 0 spiro atoms. The highest BCUT2D eigenvalue weighted by Gasteiger charge is 2.21. The number of hydrogen-bond acceptors (Lipinski definition) is 3. The van der Waals surface area contributed by atoms with E-state index < -0.39 is 0 Å². The lowest BCUT2D eigenvalue weighted by atomic mass is 10.0. The van der Waals surface area contributed by atoms with Crippen molar-refractivity contribution in [3.63, 3.8) is 0 Å². The van der Waals surface area contributed by atoms with Crippen molar-refractivity contribution >= 4 is 11.4 Å². The molecule has 0 N–H and O–H groups in total. The van der Waals surface area contributed by atoms with Crippen LogP contribution in [0.1, 0.15) is 21.6 Å². The molecule has 3 nitrogen and oxygen atoms in total. The Kier molecular flexibility index (Phi) is 2.29. The second-order valence-corrected chi connectivity index (χ2v) is 3.89. The van der Waals surface area contributed by atoms with Crippen LogP contribution < -0.4 is 0 Å². The third-order valence-electron chi connectivity index (χ3n) is 2.85. The lowest BCUT2D eigenvalue weighted by molar-refractivity contribution is 0.105. The predicted molar refractivity (Wildman–Crippen MR) is 64.5 cm³/mol. The molecule has 0 radical (unpaired) electrons.